The van der Waals surface area contributed by atoms with Crippen molar-refractivity contribution in [3.8, 4) is 50.6 Å². The summed E-state index contributed by atoms with van der Waals surface area (Å²) in [5, 5.41) is 2.24. The molecule has 0 radical (unpaired) electrons. The molecule has 11 rings (SSSR count). The minimum Gasteiger partial charge on any atom is -0.456 e. The van der Waals surface area contributed by atoms with E-state index in [9.17, 15) is 0 Å². The van der Waals surface area contributed by atoms with E-state index in [4.69, 9.17) is 19.4 Å². The van der Waals surface area contributed by atoms with E-state index in [0.29, 0.717) is 0 Å². The Hall–Kier alpha value is -6.85. The van der Waals surface area contributed by atoms with E-state index < -0.39 is 0 Å². The van der Waals surface area contributed by atoms with Crippen molar-refractivity contribution in [1.82, 2.24) is 19.5 Å². The van der Waals surface area contributed by atoms with E-state index in [1.807, 2.05) is 36.5 Å². The molecule has 0 saturated carbocycles. The van der Waals surface area contributed by atoms with Crippen molar-refractivity contribution in [3.05, 3.63) is 169 Å². The highest BCUT2D eigenvalue weighted by molar-refractivity contribution is 6.08. The van der Waals surface area contributed by atoms with Gasteiger partial charge in [0.1, 0.15) is 33.5 Å². The van der Waals surface area contributed by atoms with Gasteiger partial charge in [-0.2, -0.15) is 0 Å². The highest BCUT2D eigenvalue weighted by Crippen LogP contribution is 2.50. The fourth-order valence-corrected chi connectivity index (χ4v) is 8.44. The first-order valence-electron chi connectivity index (χ1n) is 18.0. The Morgan fingerprint density at radius 1 is 0.528 bits per heavy atom. The molecule has 0 fully saturated rings. The summed E-state index contributed by atoms with van der Waals surface area (Å²) in [4.78, 5) is 15.6. The van der Waals surface area contributed by atoms with Gasteiger partial charge in [0.25, 0.3) is 0 Å². The minimum absolute atomic E-state index is 0.138. The molecule has 0 aliphatic heterocycles. The van der Waals surface area contributed by atoms with E-state index in [2.05, 4.69) is 140 Å². The summed E-state index contributed by atoms with van der Waals surface area (Å²) in [6.45, 7) is 4.64. The van der Waals surface area contributed by atoms with Crippen LogP contribution in [0.15, 0.2) is 162 Å². The van der Waals surface area contributed by atoms with Crippen LogP contribution in [0, 0.1) is 0 Å². The zero-order valence-electron chi connectivity index (χ0n) is 29.2. The van der Waals surface area contributed by atoms with Crippen LogP contribution in [-0.2, 0) is 5.41 Å². The van der Waals surface area contributed by atoms with Crippen LogP contribution in [0.1, 0.15) is 25.0 Å². The molecule has 4 aromatic heterocycles. The lowest BCUT2D eigenvalue weighted by atomic mass is 9.82. The summed E-state index contributed by atoms with van der Waals surface area (Å²) >= 11 is 0. The van der Waals surface area contributed by atoms with Gasteiger partial charge in [-0.1, -0.05) is 117 Å². The van der Waals surface area contributed by atoms with E-state index >= 15 is 0 Å². The monoisotopic (exact) mass is 680 g/mol. The second kappa shape index (κ2) is 11.1. The first kappa shape index (κ1) is 29.8. The molecule has 0 N–H and O–H groups in total. The third-order valence-electron chi connectivity index (χ3n) is 11.1. The molecule has 0 spiro atoms. The number of para-hydroxylation sites is 2. The smallest absolute Gasteiger partial charge is 0.145 e. The van der Waals surface area contributed by atoms with Crippen LogP contribution in [0.2, 0.25) is 0 Å². The molecule has 6 aromatic carbocycles. The highest BCUT2D eigenvalue weighted by Gasteiger charge is 2.35. The molecule has 1 aliphatic rings. The average molecular weight is 681 g/mol. The SMILES string of the molecule is CC1(C)c2ccccc2-c2ccc(-c3nc4cccnc4c4nc(-c5ccc(-c6ccc7oc8ccccc8c7c6)cc5)n(-c5ccccc5)c34)cc21. The number of hydrogen-bond acceptors (Lipinski definition) is 4. The molecule has 1 aliphatic carbocycles. The normalized spacial score (nSPS) is 13.2. The summed E-state index contributed by atoms with van der Waals surface area (Å²) in [5.41, 5.74) is 16.5. The fraction of sp³-hybridized carbons (Fsp3) is 0.0625. The molecule has 0 atom stereocenters. The number of imidazole rings is 1. The van der Waals surface area contributed by atoms with Crippen LogP contribution in [0.5, 0.6) is 0 Å². The lowest BCUT2D eigenvalue weighted by Crippen LogP contribution is -2.15. The van der Waals surface area contributed by atoms with E-state index in [0.717, 1.165) is 83.5 Å². The van der Waals surface area contributed by atoms with Gasteiger partial charge in [-0.3, -0.25) is 9.55 Å². The summed E-state index contributed by atoms with van der Waals surface area (Å²) in [5.74, 6) is 0.837. The summed E-state index contributed by atoms with van der Waals surface area (Å²) < 4.78 is 8.36. The Morgan fingerprint density at radius 3 is 2.13 bits per heavy atom. The maximum Gasteiger partial charge on any atom is 0.145 e. The number of hydrogen-bond donors (Lipinski definition) is 0. The predicted octanol–water partition coefficient (Wildman–Crippen LogP) is 12.2. The maximum absolute atomic E-state index is 6.10. The molecule has 0 bridgehead atoms. The van der Waals surface area contributed by atoms with Gasteiger partial charge in [0.15, 0.2) is 0 Å². The van der Waals surface area contributed by atoms with Crippen LogP contribution in [0.25, 0.3) is 94.6 Å². The van der Waals surface area contributed by atoms with Crippen molar-refractivity contribution in [2.45, 2.75) is 19.3 Å². The summed E-state index contributed by atoms with van der Waals surface area (Å²) in [6, 6.07) is 53.4. The van der Waals surface area contributed by atoms with E-state index in [1.54, 1.807) is 0 Å². The Labute approximate surface area is 305 Å². The van der Waals surface area contributed by atoms with Crippen molar-refractivity contribution in [1.29, 1.82) is 0 Å². The van der Waals surface area contributed by atoms with Gasteiger partial charge >= 0.3 is 0 Å². The second-order valence-electron chi connectivity index (χ2n) is 14.5. The van der Waals surface area contributed by atoms with Crippen LogP contribution in [0.4, 0.5) is 0 Å². The molecular formula is C48H32N4O. The molecular weight excluding hydrogens is 649 g/mol. The molecule has 4 heterocycles. The van der Waals surface area contributed by atoms with Crippen LogP contribution >= 0.6 is 0 Å². The maximum atomic E-state index is 6.10. The molecule has 53 heavy (non-hydrogen) atoms. The lowest BCUT2D eigenvalue weighted by molar-refractivity contribution is 0.660. The molecule has 0 amide bonds. The van der Waals surface area contributed by atoms with Gasteiger partial charge < -0.3 is 4.42 Å². The second-order valence-corrected chi connectivity index (χ2v) is 14.5. The number of rotatable bonds is 4. The Morgan fingerprint density at radius 2 is 1.25 bits per heavy atom. The fourth-order valence-electron chi connectivity index (χ4n) is 8.44. The van der Waals surface area contributed by atoms with Gasteiger partial charge in [-0.25, -0.2) is 9.97 Å². The van der Waals surface area contributed by atoms with Gasteiger partial charge in [0.2, 0.25) is 0 Å². The number of fused-ring (bicyclic) bond motifs is 9. The summed E-state index contributed by atoms with van der Waals surface area (Å²) in [6.07, 6.45) is 1.83. The van der Waals surface area contributed by atoms with Crippen LogP contribution in [-0.4, -0.2) is 19.5 Å². The quantitative estimate of drug-likeness (QED) is 0.186. The molecule has 5 nitrogen and oxygen atoms in total. The predicted molar refractivity (Wildman–Crippen MR) is 215 cm³/mol. The molecule has 250 valence electrons. The third kappa shape index (κ3) is 4.40. The van der Waals surface area contributed by atoms with Crippen molar-refractivity contribution in [2.24, 2.45) is 0 Å². The Balaban J connectivity index is 1.12. The van der Waals surface area contributed by atoms with Crippen LogP contribution in [0.3, 0.4) is 0 Å². The average Bonchev–Trinajstić information content (AvgIpc) is 3.86. The minimum atomic E-state index is -0.138. The standard InChI is InChI=1S/C48H32N4O/c1-48(2)38-15-8-6-13-34(38)35-24-22-32(28-39(35)48)43-46-45(44-40(50-43)16-10-26-49-44)51-47(52(46)33-11-4-3-5-12-33)30-20-18-29(19-21-30)31-23-25-42-37(27-31)36-14-7-9-17-41(36)53-42/h3-28H,1-2H3. The third-order valence-corrected chi connectivity index (χ3v) is 11.1. The van der Waals surface area contributed by atoms with Crippen LogP contribution < -0.4 is 0 Å². The largest absolute Gasteiger partial charge is 0.456 e. The first-order chi connectivity index (χ1) is 26.0. The van der Waals surface area contributed by atoms with E-state index in [-0.39, 0.29) is 5.41 Å². The topological polar surface area (TPSA) is 56.7 Å². The Kier molecular flexibility index (Phi) is 6.23. The molecule has 10 aromatic rings. The van der Waals surface area contributed by atoms with Gasteiger partial charge in [0.05, 0.1) is 11.2 Å². The molecule has 0 saturated heterocycles. The summed E-state index contributed by atoms with van der Waals surface area (Å²) in [7, 11) is 0. The number of benzene rings is 6. The van der Waals surface area contributed by atoms with Gasteiger partial charge in [0, 0.05) is 39.2 Å². The number of pyridine rings is 2. The van der Waals surface area contributed by atoms with Crippen molar-refractivity contribution in [2.75, 3.05) is 0 Å². The zero-order chi connectivity index (χ0) is 35.3. The highest BCUT2D eigenvalue weighted by atomic mass is 16.3. The molecule has 5 heteroatoms. The van der Waals surface area contributed by atoms with Gasteiger partial charge in [-0.15, -0.1) is 0 Å². The number of nitrogens with zero attached hydrogens (tertiary/aromatic N) is 4. The van der Waals surface area contributed by atoms with Crippen molar-refractivity contribution < 1.29 is 4.42 Å². The lowest BCUT2D eigenvalue weighted by Gasteiger charge is -2.22. The van der Waals surface area contributed by atoms with Gasteiger partial charge in [-0.05, 0) is 81.9 Å². The first-order valence-corrected chi connectivity index (χ1v) is 18.0. The Bertz CT molecular complexity index is 3080. The zero-order valence-corrected chi connectivity index (χ0v) is 29.2. The van der Waals surface area contributed by atoms with Crippen molar-refractivity contribution in [3.63, 3.8) is 0 Å². The number of furan rings is 1. The number of aromatic nitrogens is 4. The molecule has 0 unspecified atom stereocenters. The van der Waals surface area contributed by atoms with Crippen molar-refractivity contribution >= 4 is 44.0 Å². The van der Waals surface area contributed by atoms with E-state index in [1.165, 1.54) is 22.3 Å².